The molecule has 2 saturated heterocycles. The first-order valence-electron chi connectivity index (χ1n) is 7.77. The first-order valence-corrected chi connectivity index (χ1v) is 9.19. The Bertz CT molecular complexity index is 487. The van der Waals surface area contributed by atoms with Crippen LogP contribution < -0.4 is 0 Å². The highest BCUT2D eigenvalue weighted by Gasteiger charge is 2.31. The van der Waals surface area contributed by atoms with E-state index in [4.69, 9.17) is 11.6 Å². The molecule has 1 unspecified atom stereocenters. The molecule has 1 aromatic heterocycles. The molecule has 0 bridgehead atoms. The number of piperidine rings is 1. The summed E-state index contributed by atoms with van der Waals surface area (Å²) < 4.78 is 0. The predicted molar refractivity (Wildman–Crippen MR) is 85.8 cm³/mol. The number of carbonyl (C=O) groups is 1. The minimum Gasteiger partial charge on any atom is -0.341 e. The number of alkyl halides is 1. The Labute approximate surface area is 135 Å². The maximum Gasteiger partial charge on any atom is 0.229 e. The summed E-state index contributed by atoms with van der Waals surface area (Å²) >= 11 is 7.29. The van der Waals surface area contributed by atoms with E-state index >= 15 is 0 Å². The molecule has 2 fully saturated rings. The Hall–Kier alpha value is -0.650. The lowest BCUT2D eigenvalue weighted by Gasteiger charge is -2.32. The highest BCUT2D eigenvalue weighted by Crippen LogP contribution is 2.21. The molecule has 4 nitrogen and oxygen atoms in total. The van der Waals surface area contributed by atoms with Crippen molar-refractivity contribution in [3.05, 3.63) is 16.1 Å². The van der Waals surface area contributed by atoms with Crippen LogP contribution in [-0.4, -0.2) is 52.9 Å². The highest BCUT2D eigenvalue weighted by molar-refractivity contribution is 7.09. The van der Waals surface area contributed by atoms with Crippen molar-refractivity contribution in [2.24, 2.45) is 0 Å². The van der Waals surface area contributed by atoms with E-state index in [9.17, 15) is 4.79 Å². The molecule has 0 radical (unpaired) electrons. The second-order valence-corrected chi connectivity index (χ2v) is 7.13. The van der Waals surface area contributed by atoms with Crippen molar-refractivity contribution in [2.75, 3.05) is 26.2 Å². The topological polar surface area (TPSA) is 36.4 Å². The number of carbonyl (C=O) groups excluding carboxylic acids is 1. The van der Waals surface area contributed by atoms with Gasteiger partial charge >= 0.3 is 0 Å². The minimum absolute atomic E-state index is 0.213. The van der Waals surface area contributed by atoms with Crippen LogP contribution in [0.5, 0.6) is 0 Å². The molecule has 0 saturated carbocycles. The van der Waals surface area contributed by atoms with Crippen LogP contribution in [0.4, 0.5) is 0 Å². The van der Waals surface area contributed by atoms with E-state index < -0.39 is 0 Å². The van der Waals surface area contributed by atoms with Gasteiger partial charge in [0.15, 0.2) is 0 Å². The van der Waals surface area contributed by atoms with E-state index in [1.165, 1.54) is 43.7 Å². The number of hydrogen-bond donors (Lipinski definition) is 0. The zero-order chi connectivity index (χ0) is 14.7. The fraction of sp³-hybridized carbons (Fsp3) is 0.733. The molecule has 116 valence electrons. The van der Waals surface area contributed by atoms with Gasteiger partial charge in [-0.2, -0.15) is 0 Å². The van der Waals surface area contributed by atoms with E-state index in [0.717, 1.165) is 30.2 Å². The standard InChI is InChI=1S/C15H22ClN3OS/c16-9-12-11-21-14(17-12)8-15(20)19-7-4-13(10-19)18-5-2-1-3-6-18/h11,13H,1-10H2. The van der Waals surface area contributed by atoms with Gasteiger partial charge in [-0.3, -0.25) is 9.69 Å². The number of nitrogens with zero attached hydrogens (tertiary/aromatic N) is 3. The summed E-state index contributed by atoms with van der Waals surface area (Å²) in [7, 11) is 0. The Balaban J connectivity index is 1.51. The molecule has 6 heteroatoms. The van der Waals surface area contributed by atoms with Gasteiger partial charge in [0.05, 0.1) is 18.0 Å². The van der Waals surface area contributed by atoms with Crippen molar-refractivity contribution < 1.29 is 4.79 Å². The molecular weight excluding hydrogens is 306 g/mol. The fourth-order valence-electron chi connectivity index (χ4n) is 3.28. The predicted octanol–water partition coefficient (Wildman–Crippen LogP) is 2.51. The van der Waals surface area contributed by atoms with Crippen molar-refractivity contribution in [2.45, 2.75) is 44.0 Å². The van der Waals surface area contributed by atoms with Crippen LogP contribution in [0, 0.1) is 0 Å². The third-order valence-corrected chi connectivity index (χ3v) is 5.63. The highest BCUT2D eigenvalue weighted by atomic mass is 35.5. The molecule has 0 N–H and O–H groups in total. The van der Waals surface area contributed by atoms with E-state index in [-0.39, 0.29) is 5.91 Å². The molecule has 3 heterocycles. The molecule has 2 aliphatic heterocycles. The van der Waals surface area contributed by atoms with Crippen LogP contribution in [0.3, 0.4) is 0 Å². The molecule has 0 aliphatic carbocycles. The summed E-state index contributed by atoms with van der Waals surface area (Å²) in [5.74, 6) is 0.635. The number of amides is 1. The fourth-order valence-corrected chi connectivity index (χ4v) is 4.30. The molecule has 1 amide bonds. The first kappa shape index (κ1) is 15.3. The number of aromatic nitrogens is 1. The monoisotopic (exact) mass is 327 g/mol. The van der Waals surface area contributed by atoms with Crippen LogP contribution >= 0.6 is 22.9 Å². The van der Waals surface area contributed by atoms with Crippen LogP contribution in [0.15, 0.2) is 5.38 Å². The van der Waals surface area contributed by atoms with Gasteiger partial charge in [0.2, 0.25) is 5.91 Å². The maximum absolute atomic E-state index is 12.4. The van der Waals surface area contributed by atoms with Gasteiger partial charge in [-0.15, -0.1) is 22.9 Å². The van der Waals surface area contributed by atoms with Crippen LogP contribution in [0.2, 0.25) is 0 Å². The average molecular weight is 328 g/mol. The Morgan fingerprint density at radius 1 is 1.33 bits per heavy atom. The van der Waals surface area contributed by atoms with Crippen molar-refractivity contribution in [1.29, 1.82) is 0 Å². The molecule has 0 spiro atoms. The largest absolute Gasteiger partial charge is 0.341 e. The molecule has 21 heavy (non-hydrogen) atoms. The molecule has 1 aromatic rings. The summed E-state index contributed by atoms with van der Waals surface area (Å²) in [6, 6.07) is 0.573. The van der Waals surface area contributed by atoms with E-state index in [2.05, 4.69) is 9.88 Å². The molecule has 2 aliphatic rings. The first-order chi connectivity index (χ1) is 10.3. The third kappa shape index (κ3) is 3.76. The number of thiazole rings is 1. The van der Waals surface area contributed by atoms with Gasteiger partial charge in [0.1, 0.15) is 5.01 Å². The van der Waals surface area contributed by atoms with Crippen LogP contribution in [0.1, 0.15) is 36.4 Å². The zero-order valence-electron chi connectivity index (χ0n) is 12.3. The van der Waals surface area contributed by atoms with Gasteiger partial charge in [-0.05, 0) is 32.4 Å². The van der Waals surface area contributed by atoms with Crippen molar-refractivity contribution in [3.63, 3.8) is 0 Å². The molecule has 1 atom stereocenters. The summed E-state index contributed by atoms with van der Waals surface area (Å²) in [6.45, 7) is 4.21. The van der Waals surface area contributed by atoms with Crippen LogP contribution in [0.25, 0.3) is 0 Å². The van der Waals surface area contributed by atoms with Gasteiger partial charge in [0, 0.05) is 24.5 Å². The Morgan fingerprint density at radius 3 is 2.86 bits per heavy atom. The number of halogens is 1. The zero-order valence-corrected chi connectivity index (χ0v) is 13.8. The summed E-state index contributed by atoms with van der Waals surface area (Å²) in [5.41, 5.74) is 0.872. The van der Waals surface area contributed by atoms with Crippen molar-refractivity contribution in [3.8, 4) is 0 Å². The normalized spacial score (nSPS) is 23.7. The molecular formula is C15H22ClN3OS. The smallest absolute Gasteiger partial charge is 0.229 e. The third-order valence-electron chi connectivity index (χ3n) is 4.46. The van der Waals surface area contributed by atoms with Crippen molar-refractivity contribution in [1.82, 2.24) is 14.8 Å². The minimum atomic E-state index is 0.213. The number of hydrogen-bond acceptors (Lipinski definition) is 4. The second kappa shape index (κ2) is 7.07. The van der Waals surface area contributed by atoms with E-state index in [1.807, 2.05) is 10.3 Å². The lowest BCUT2D eigenvalue weighted by atomic mass is 10.1. The summed E-state index contributed by atoms with van der Waals surface area (Å²) in [6.07, 6.45) is 5.53. The quantitative estimate of drug-likeness (QED) is 0.797. The SMILES string of the molecule is O=C(Cc1nc(CCl)cs1)N1CCC(N2CCCCC2)C1. The van der Waals surface area contributed by atoms with Gasteiger partial charge in [0.25, 0.3) is 0 Å². The average Bonchev–Trinajstić information content (AvgIpc) is 3.17. The van der Waals surface area contributed by atoms with Gasteiger partial charge in [-0.1, -0.05) is 6.42 Å². The summed E-state index contributed by atoms with van der Waals surface area (Å²) in [4.78, 5) is 21.3. The second-order valence-electron chi connectivity index (χ2n) is 5.92. The lowest BCUT2D eigenvalue weighted by Crippen LogP contribution is -2.41. The summed E-state index contributed by atoms with van der Waals surface area (Å²) in [5, 5.41) is 2.83. The van der Waals surface area contributed by atoms with E-state index in [1.54, 1.807) is 0 Å². The lowest BCUT2D eigenvalue weighted by molar-refractivity contribution is -0.129. The molecule has 0 aromatic carbocycles. The van der Waals surface area contributed by atoms with Gasteiger partial charge in [-0.25, -0.2) is 4.98 Å². The van der Waals surface area contributed by atoms with E-state index in [0.29, 0.717) is 18.3 Å². The maximum atomic E-state index is 12.4. The molecule has 3 rings (SSSR count). The number of rotatable bonds is 4. The Morgan fingerprint density at radius 2 is 2.14 bits per heavy atom. The number of likely N-dealkylation sites (tertiary alicyclic amines) is 2. The van der Waals surface area contributed by atoms with Gasteiger partial charge < -0.3 is 4.90 Å². The van der Waals surface area contributed by atoms with Crippen LogP contribution in [-0.2, 0) is 17.1 Å². The van der Waals surface area contributed by atoms with Crippen molar-refractivity contribution >= 4 is 28.8 Å². The Kier molecular flexibility index (Phi) is 5.14.